The number of carbonyl (C=O) groups excluding carboxylic acids is 2. The molecule has 76 heavy (non-hydrogen) atoms. The van der Waals surface area contributed by atoms with E-state index in [4.69, 9.17) is 9.47 Å². The predicted molar refractivity (Wildman–Crippen MR) is 299 cm³/mol. The van der Waals surface area contributed by atoms with Gasteiger partial charge in [-0.25, -0.2) is 9.59 Å². The number of carboxylic acid groups (broad SMARTS) is 2. The molecule has 0 bridgehead atoms. The Morgan fingerprint density at radius 1 is 0.513 bits per heavy atom. The van der Waals surface area contributed by atoms with Crippen LogP contribution >= 0.6 is 0 Å². The van der Waals surface area contributed by atoms with Crippen LogP contribution < -0.4 is 0 Å². The second-order valence-corrected chi connectivity index (χ2v) is 27.3. The van der Waals surface area contributed by atoms with Crippen LogP contribution in [0.15, 0.2) is 45.6 Å². The number of fused-ring (bicyclic) bond motifs is 10. The molecule has 0 aromatic heterocycles. The van der Waals surface area contributed by atoms with E-state index in [9.17, 15) is 49.8 Å². The van der Waals surface area contributed by atoms with E-state index in [0.717, 1.165) is 73.7 Å². The second kappa shape index (κ2) is 24.3. The van der Waals surface area contributed by atoms with Gasteiger partial charge in [0.1, 0.15) is 12.2 Å². The van der Waals surface area contributed by atoms with Crippen molar-refractivity contribution in [1.82, 2.24) is 0 Å². The molecule has 20 atom stereocenters. The maximum atomic E-state index is 12.6. The summed E-state index contributed by atoms with van der Waals surface area (Å²) in [5.41, 5.74) is 3.14. The zero-order valence-corrected chi connectivity index (χ0v) is 47.7. The van der Waals surface area contributed by atoms with E-state index in [2.05, 4.69) is 55.4 Å². The van der Waals surface area contributed by atoms with Gasteiger partial charge in [-0.1, -0.05) is 78.7 Å². The van der Waals surface area contributed by atoms with Gasteiger partial charge < -0.3 is 40.1 Å². The molecule has 0 saturated heterocycles. The van der Waals surface area contributed by atoms with E-state index in [-0.39, 0.29) is 139 Å². The first-order chi connectivity index (χ1) is 34.3. The first kappa shape index (κ1) is 65.5. The van der Waals surface area contributed by atoms with Crippen LogP contribution in [0.3, 0.4) is 0 Å². The van der Waals surface area contributed by atoms with Gasteiger partial charge in [0.05, 0.1) is 24.4 Å². The normalized spacial score (nSPS) is 45.0. The minimum atomic E-state index is -0.953. The number of esters is 2. The number of ether oxygens (including phenoxy) is 2. The quantitative estimate of drug-likeness (QED) is 0.0523. The zero-order chi connectivity index (χ0) is 55.0. The fourth-order valence-corrected chi connectivity index (χ4v) is 19.6. The topological polar surface area (TPSA) is 208 Å². The number of allylic oxidation sites excluding steroid dienone is 4. The molecular weight excluding hydrogens is 983 g/mol. The van der Waals surface area contributed by atoms with Crippen LogP contribution in [0.5, 0.6) is 0 Å². The molecule has 0 aromatic carbocycles. The van der Waals surface area contributed by atoms with Crippen LogP contribution in [-0.4, -0.2) is 150 Å². The molecule has 0 spiro atoms. The monoisotopic (exact) mass is 1080 g/mol. The third-order valence-electron chi connectivity index (χ3n) is 23.1. The van der Waals surface area contributed by atoms with E-state index in [1.807, 2.05) is 39.8 Å². The Bertz CT molecular complexity index is 2160. The third kappa shape index (κ3) is 11.2. The fraction of sp³-hybridized carbons (Fsp3) is 0.806. The fourth-order valence-electron chi connectivity index (χ4n) is 19.6. The minimum absolute atomic E-state index is 0. The van der Waals surface area contributed by atoms with Crippen molar-refractivity contribution in [3.63, 3.8) is 0 Å². The van der Waals surface area contributed by atoms with Gasteiger partial charge in [0, 0.05) is 25.0 Å². The predicted octanol–water partition coefficient (Wildman–Crippen LogP) is 10.0. The van der Waals surface area contributed by atoms with E-state index in [1.54, 1.807) is 0 Å². The van der Waals surface area contributed by atoms with Crippen LogP contribution in [-0.2, 0) is 28.7 Å². The molecule has 0 radical (unpaired) electrons. The van der Waals surface area contributed by atoms with Crippen molar-refractivity contribution >= 4 is 83.0 Å². The molecule has 0 aromatic rings. The first-order valence-corrected chi connectivity index (χ1v) is 28.6. The molecule has 8 saturated carbocycles. The van der Waals surface area contributed by atoms with Crippen LogP contribution in [0.1, 0.15) is 200 Å². The standard InChI is InChI=1S/2C31H48O6.2Na.2H/c2*1-17(2)9-8-10-20(28(35)36)26-22-15-24(34)27-29(5)13-12-23(33)18(3)21(29)11-14-30(27,6)31(22,7)16-25(26)37-19(4)32;;;;/h2*9,18,21-25,27,33-34H,8,10-16H2,1-7H3,(H,35,36);;;;/b2*26-20-;;;;/t2*18-,21-,22-,23+,24+,25-,27-,29-,30-,31-;;;;/m00..../s1. The number of aliphatic hydroxyl groups excluding tert-OH is 4. The van der Waals surface area contributed by atoms with Gasteiger partial charge in [-0.3, -0.25) is 9.59 Å². The molecule has 0 amide bonds. The van der Waals surface area contributed by atoms with Crippen molar-refractivity contribution in [1.29, 1.82) is 0 Å². The Kier molecular flexibility index (Phi) is 20.9. The number of carboxylic acids is 2. The van der Waals surface area contributed by atoms with Crippen LogP contribution in [0, 0.1) is 79.8 Å². The third-order valence-corrected chi connectivity index (χ3v) is 23.1. The molecule has 6 N–H and O–H groups in total. The average molecular weight is 1080 g/mol. The Balaban J connectivity index is 0.000000274. The van der Waals surface area contributed by atoms with Gasteiger partial charge >= 0.3 is 83.0 Å². The number of carbonyl (C=O) groups is 4. The molecule has 8 aliphatic rings. The maximum absolute atomic E-state index is 12.6. The Morgan fingerprint density at radius 2 is 0.842 bits per heavy atom. The van der Waals surface area contributed by atoms with Crippen LogP contribution in [0.2, 0.25) is 0 Å². The molecule has 0 heterocycles. The number of aliphatic hydroxyl groups is 4. The summed E-state index contributed by atoms with van der Waals surface area (Å²) in [7, 11) is 0. The molecule has 0 aliphatic heterocycles. The molecule has 8 aliphatic carbocycles. The van der Waals surface area contributed by atoms with Gasteiger partial charge in [0.15, 0.2) is 0 Å². The van der Waals surface area contributed by atoms with E-state index < -0.39 is 48.3 Å². The SMILES string of the molecule is CC(=O)O[C@H]1C[C@@]2(C)[C@@H](C[C@@H](O)[C@H]3[C@@]4(C)CC[C@@H](O)[C@@H](C)[C@@H]4CC[C@@]32C)/C1=C(\CCC=C(C)C)C(=O)O.CC(=O)O[C@H]1C[C@@]2(C)[C@@H](C[C@@H](O)[C@H]3[C@@]4(C)CC[C@@H](O)[C@@H](C)[C@@H]4CC[C@@]32C)/C1=C(\CCC=C(C)C)C(=O)O.[NaH].[NaH]. The van der Waals surface area contributed by atoms with Crippen molar-refractivity contribution < 1.29 is 59.3 Å². The molecule has 420 valence electrons. The van der Waals surface area contributed by atoms with Crippen molar-refractivity contribution in [3.05, 3.63) is 45.6 Å². The van der Waals surface area contributed by atoms with Gasteiger partial charge in [-0.05, 0) is 221 Å². The van der Waals surface area contributed by atoms with Crippen LogP contribution in [0.25, 0.3) is 0 Å². The molecule has 8 fully saturated rings. The van der Waals surface area contributed by atoms with Crippen molar-refractivity contribution in [2.24, 2.45) is 79.8 Å². The summed E-state index contributed by atoms with van der Waals surface area (Å²) in [6.45, 7) is 28.9. The Hall–Kier alpha value is -1.32. The average Bonchev–Trinajstić information content (AvgIpc) is 3.72. The van der Waals surface area contributed by atoms with Gasteiger partial charge in [-0.15, -0.1) is 0 Å². The van der Waals surface area contributed by atoms with Crippen molar-refractivity contribution in [2.75, 3.05) is 0 Å². The van der Waals surface area contributed by atoms with E-state index in [1.165, 1.54) is 13.8 Å². The van der Waals surface area contributed by atoms with Crippen LogP contribution in [0.4, 0.5) is 0 Å². The van der Waals surface area contributed by atoms with Crippen molar-refractivity contribution in [2.45, 2.75) is 236 Å². The molecule has 0 unspecified atom stereocenters. The van der Waals surface area contributed by atoms with E-state index in [0.29, 0.717) is 74.3 Å². The number of rotatable bonds is 10. The summed E-state index contributed by atoms with van der Waals surface area (Å²) >= 11 is 0. The summed E-state index contributed by atoms with van der Waals surface area (Å²) in [6, 6.07) is 0. The number of hydrogen-bond acceptors (Lipinski definition) is 10. The zero-order valence-electron chi connectivity index (χ0n) is 47.7. The Labute approximate surface area is 500 Å². The summed E-state index contributed by atoms with van der Waals surface area (Å²) < 4.78 is 11.7. The molecule has 8 rings (SSSR count). The molecule has 12 nitrogen and oxygen atoms in total. The number of aliphatic carboxylic acids is 2. The molecular formula is C62H98Na2O12. The van der Waals surface area contributed by atoms with Crippen molar-refractivity contribution in [3.8, 4) is 0 Å². The summed E-state index contributed by atoms with van der Waals surface area (Å²) in [4.78, 5) is 49.7. The number of hydrogen-bond donors (Lipinski definition) is 6. The second-order valence-electron chi connectivity index (χ2n) is 27.3. The summed E-state index contributed by atoms with van der Waals surface area (Å²) in [5, 5.41) is 65.8. The molecule has 14 heteroatoms. The Morgan fingerprint density at radius 3 is 1.13 bits per heavy atom. The summed E-state index contributed by atoms with van der Waals surface area (Å²) in [5.74, 6) is -1.82. The van der Waals surface area contributed by atoms with Gasteiger partial charge in [0.2, 0.25) is 0 Å². The van der Waals surface area contributed by atoms with E-state index >= 15 is 0 Å². The van der Waals surface area contributed by atoms with Gasteiger partial charge in [0.25, 0.3) is 0 Å². The first-order valence-electron chi connectivity index (χ1n) is 28.6. The summed E-state index contributed by atoms with van der Waals surface area (Å²) in [6.07, 6.45) is 12.4. The van der Waals surface area contributed by atoms with Gasteiger partial charge in [-0.2, -0.15) is 0 Å².